The van der Waals surface area contributed by atoms with Crippen LogP contribution in [0.3, 0.4) is 0 Å². The van der Waals surface area contributed by atoms with E-state index in [1.165, 1.54) is 11.5 Å². The molecule has 3 aromatic rings. The summed E-state index contributed by atoms with van der Waals surface area (Å²) >= 11 is 1.35. The summed E-state index contributed by atoms with van der Waals surface area (Å²) in [5.74, 6) is 0. The van der Waals surface area contributed by atoms with Crippen LogP contribution in [0.15, 0.2) is 42.0 Å². The number of fused-ring (bicyclic) bond motifs is 1. The number of nitrogens with zero attached hydrogens (tertiary/aromatic N) is 5. The van der Waals surface area contributed by atoms with Crippen molar-refractivity contribution in [2.75, 3.05) is 0 Å². The van der Waals surface area contributed by atoms with Crippen molar-refractivity contribution >= 4 is 22.4 Å². The van der Waals surface area contributed by atoms with Crippen LogP contribution >= 0.6 is 11.5 Å². The summed E-state index contributed by atoms with van der Waals surface area (Å²) in [4.78, 5) is 0. The molecule has 15 heavy (non-hydrogen) atoms. The minimum atomic E-state index is 0.887. The standard InChI is InChI=1S/C7H5N3.C2H2N2S/c1-2-4-7-6(3-1)5-8-10-9-7;1-2-5-4-3-1/h1-5H;1-2H. The Balaban J connectivity index is 0.000000144. The van der Waals surface area contributed by atoms with Crippen LogP contribution in [0, 0.1) is 0 Å². The highest BCUT2D eigenvalue weighted by Gasteiger charge is 1.88. The van der Waals surface area contributed by atoms with Crippen molar-refractivity contribution in [1.29, 1.82) is 0 Å². The Kier molecular flexibility index (Phi) is 3.24. The molecule has 1 aromatic carbocycles. The van der Waals surface area contributed by atoms with Crippen LogP contribution in [0.1, 0.15) is 0 Å². The Hall–Kier alpha value is -1.95. The zero-order valence-corrected chi connectivity index (χ0v) is 8.50. The molecule has 74 valence electrons. The molecule has 0 saturated carbocycles. The first kappa shape index (κ1) is 9.60. The van der Waals surface area contributed by atoms with E-state index in [4.69, 9.17) is 0 Å². The van der Waals surface area contributed by atoms with E-state index in [1.807, 2.05) is 29.6 Å². The van der Waals surface area contributed by atoms with Crippen LogP contribution in [0.25, 0.3) is 10.9 Å². The molecule has 0 spiro atoms. The van der Waals surface area contributed by atoms with Crippen molar-refractivity contribution in [2.45, 2.75) is 0 Å². The predicted octanol–water partition coefficient (Wildman–Crippen LogP) is 1.56. The van der Waals surface area contributed by atoms with Crippen molar-refractivity contribution < 1.29 is 0 Å². The lowest BCUT2D eigenvalue weighted by Crippen LogP contribution is -1.85. The largest absolute Gasteiger partial charge is 0.147 e. The van der Waals surface area contributed by atoms with Gasteiger partial charge in [-0.15, -0.1) is 15.3 Å². The van der Waals surface area contributed by atoms with Gasteiger partial charge in [-0.05, 0) is 22.8 Å². The number of rotatable bonds is 0. The maximum Gasteiger partial charge on any atom is 0.0963 e. The van der Waals surface area contributed by atoms with E-state index in [0.717, 1.165) is 10.9 Å². The van der Waals surface area contributed by atoms with E-state index >= 15 is 0 Å². The Morgan fingerprint density at radius 1 is 1.07 bits per heavy atom. The van der Waals surface area contributed by atoms with E-state index in [9.17, 15) is 0 Å². The molecule has 0 aliphatic carbocycles. The molecule has 2 heterocycles. The lowest BCUT2D eigenvalue weighted by molar-refractivity contribution is 0.895. The zero-order chi connectivity index (χ0) is 10.3. The molecule has 5 nitrogen and oxygen atoms in total. The summed E-state index contributed by atoms with van der Waals surface area (Å²) in [5, 5.41) is 17.3. The minimum absolute atomic E-state index is 0.887. The second-order valence-electron chi connectivity index (χ2n) is 2.58. The number of aromatic nitrogens is 5. The third-order valence-corrected chi connectivity index (χ3v) is 2.05. The molecule has 0 unspecified atom stereocenters. The molecule has 0 fully saturated rings. The molecule has 0 N–H and O–H groups in total. The molecular formula is C9H7N5S. The van der Waals surface area contributed by atoms with Gasteiger partial charge in [0.1, 0.15) is 0 Å². The average Bonchev–Trinajstić information content (AvgIpc) is 2.88. The molecule has 0 aliphatic rings. The third-order valence-electron chi connectivity index (χ3n) is 1.62. The summed E-state index contributed by atoms with van der Waals surface area (Å²) in [6, 6.07) is 7.74. The van der Waals surface area contributed by atoms with Crippen LogP contribution in [-0.2, 0) is 0 Å². The van der Waals surface area contributed by atoms with Crippen LogP contribution in [0.5, 0.6) is 0 Å². The highest BCUT2D eigenvalue weighted by atomic mass is 32.1. The first-order chi connectivity index (χ1) is 7.47. The molecule has 0 bridgehead atoms. The van der Waals surface area contributed by atoms with Crippen LogP contribution in [0.4, 0.5) is 0 Å². The van der Waals surface area contributed by atoms with Gasteiger partial charge in [-0.2, -0.15) is 0 Å². The maximum atomic E-state index is 3.82. The van der Waals surface area contributed by atoms with Gasteiger partial charge in [0.05, 0.1) is 17.9 Å². The molecule has 0 aliphatic heterocycles. The van der Waals surface area contributed by atoms with E-state index < -0.39 is 0 Å². The normalized spacial score (nSPS) is 9.33. The minimum Gasteiger partial charge on any atom is -0.147 e. The molecule has 0 saturated heterocycles. The zero-order valence-electron chi connectivity index (χ0n) is 7.69. The fraction of sp³-hybridized carbons (Fsp3) is 0. The van der Waals surface area contributed by atoms with E-state index in [2.05, 4.69) is 25.0 Å². The summed E-state index contributed by atoms with van der Waals surface area (Å²) in [5.41, 5.74) is 0.887. The van der Waals surface area contributed by atoms with E-state index in [1.54, 1.807) is 12.4 Å². The Labute approximate surface area is 90.0 Å². The molecule has 3 rings (SSSR count). The topological polar surface area (TPSA) is 64.5 Å². The number of benzene rings is 1. The van der Waals surface area contributed by atoms with Gasteiger partial charge in [0.25, 0.3) is 0 Å². The third kappa shape index (κ3) is 2.75. The molecule has 2 aromatic heterocycles. The molecule has 6 heteroatoms. The van der Waals surface area contributed by atoms with Crippen molar-refractivity contribution in [2.24, 2.45) is 0 Å². The van der Waals surface area contributed by atoms with Gasteiger partial charge in [0.15, 0.2) is 0 Å². The van der Waals surface area contributed by atoms with Crippen LogP contribution in [0.2, 0.25) is 0 Å². The summed E-state index contributed by atoms with van der Waals surface area (Å²) in [6.45, 7) is 0. The smallest absolute Gasteiger partial charge is 0.0963 e. The van der Waals surface area contributed by atoms with Crippen LogP contribution in [-0.4, -0.2) is 25.0 Å². The average molecular weight is 217 g/mol. The Bertz CT molecular complexity index is 428. The second kappa shape index (κ2) is 5.06. The predicted molar refractivity (Wildman–Crippen MR) is 57.2 cm³/mol. The lowest BCUT2D eigenvalue weighted by Gasteiger charge is -1.89. The summed E-state index contributed by atoms with van der Waals surface area (Å²) < 4.78 is 3.51. The van der Waals surface area contributed by atoms with Crippen molar-refractivity contribution in [3.8, 4) is 0 Å². The number of hydrogen-bond donors (Lipinski definition) is 0. The van der Waals surface area contributed by atoms with Gasteiger partial charge in [0.2, 0.25) is 0 Å². The fourth-order valence-electron chi connectivity index (χ4n) is 0.986. The molecule has 0 amide bonds. The van der Waals surface area contributed by atoms with Gasteiger partial charge in [-0.3, -0.25) is 0 Å². The van der Waals surface area contributed by atoms with Gasteiger partial charge in [-0.25, -0.2) is 0 Å². The maximum absolute atomic E-state index is 3.82. The van der Waals surface area contributed by atoms with E-state index in [-0.39, 0.29) is 0 Å². The second-order valence-corrected chi connectivity index (χ2v) is 3.23. The van der Waals surface area contributed by atoms with Gasteiger partial charge in [-0.1, -0.05) is 22.7 Å². The van der Waals surface area contributed by atoms with Crippen molar-refractivity contribution in [3.05, 3.63) is 42.0 Å². The van der Waals surface area contributed by atoms with E-state index in [0.29, 0.717) is 0 Å². The van der Waals surface area contributed by atoms with Crippen molar-refractivity contribution in [1.82, 2.24) is 25.0 Å². The molecule has 0 atom stereocenters. The summed E-state index contributed by atoms with van der Waals surface area (Å²) in [7, 11) is 0. The van der Waals surface area contributed by atoms with Gasteiger partial charge >= 0.3 is 0 Å². The molecular weight excluding hydrogens is 210 g/mol. The lowest BCUT2D eigenvalue weighted by atomic mass is 10.2. The highest BCUT2D eigenvalue weighted by molar-refractivity contribution is 7.03. The SMILES string of the molecule is c1ccc2nnncc2c1.c1csnn1. The van der Waals surface area contributed by atoms with Gasteiger partial charge in [0, 0.05) is 10.8 Å². The van der Waals surface area contributed by atoms with Crippen LogP contribution < -0.4 is 0 Å². The first-order valence-corrected chi connectivity index (χ1v) is 5.04. The molecule has 0 radical (unpaired) electrons. The van der Waals surface area contributed by atoms with Gasteiger partial charge < -0.3 is 0 Å². The highest BCUT2D eigenvalue weighted by Crippen LogP contribution is 2.05. The number of hydrogen-bond acceptors (Lipinski definition) is 6. The summed E-state index contributed by atoms with van der Waals surface area (Å²) in [6.07, 6.45) is 3.35. The Morgan fingerprint density at radius 3 is 2.67 bits per heavy atom. The monoisotopic (exact) mass is 217 g/mol. The first-order valence-electron chi connectivity index (χ1n) is 4.21. The van der Waals surface area contributed by atoms with Crippen molar-refractivity contribution in [3.63, 3.8) is 0 Å². The fourth-order valence-corrected chi connectivity index (χ4v) is 1.26. The Morgan fingerprint density at radius 2 is 2.00 bits per heavy atom. The quantitative estimate of drug-likeness (QED) is 0.571.